The zero-order valence-corrected chi connectivity index (χ0v) is 29.7. The van der Waals surface area contributed by atoms with E-state index in [1.165, 1.54) is 7.11 Å². The SMILES string of the molecule is COC(=O)C(C(C(=O)OCc1ccccc1)N1C(=O)C(NC(=O)COc2ccccc2)C1C=O)=P(c1ccccc1)(c1ccccc1)c1ccccc1. The van der Waals surface area contributed by atoms with Crippen molar-refractivity contribution in [1.29, 1.82) is 0 Å². The molecule has 1 saturated heterocycles. The maximum Gasteiger partial charge on any atom is 0.337 e. The van der Waals surface area contributed by atoms with E-state index in [4.69, 9.17) is 14.2 Å². The summed E-state index contributed by atoms with van der Waals surface area (Å²) in [5.74, 6) is -2.78. The van der Waals surface area contributed by atoms with Crippen molar-refractivity contribution in [3.63, 3.8) is 0 Å². The van der Waals surface area contributed by atoms with Crippen molar-refractivity contribution in [2.24, 2.45) is 0 Å². The second-order valence-corrected chi connectivity index (χ2v) is 15.4. The van der Waals surface area contributed by atoms with E-state index >= 15 is 0 Å². The van der Waals surface area contributed by atoms with E-state index in [1.807, 2.05) is 97.1 Å². The third-order valence-electron chi connectivity index (χ3n) is 8.92. The van der Waals surface area contributed by atoms with E-state index < -0.39 is 55.4 Å². The van der Waals surface area contributed by atoms with Gasteiger partial charge in [0.2, 0.25) is 5.91 Å². The van der Waals surface area contributed by atoms with Crippen LogP contribution in [0.15, 0.2) is 152 Å². The number of amides is 2. The topological polar surface area (TPSA) is 128 Å². The van der Waals surface area contributed by atoms with Crippen LogP contribution in [0, 0.1) is 0 Å². The molecule has 0 bridgehead atoms. The Morgan fingerprint density at radius 3 is 1.68 bits per heavy atom. The van der Waals surface area contributed by atoms with Crippen LogP contribution in [-0.2, 0) is 40.1 Å². The number of nitrogens with one attached hydrogen (secondary N) is 1. The van der Waals surface area contributed by atoms with Crippen LogP contribution in [0.25, 0.3) is 0 Å². The second-order valence-electron chi connectivity index (χ2n) is 12.1. The van der Waals surface area contributed by atoms with Crippen molar-refractivity contribution in [1.82, 2.24) is 10.2 Å². The summed E-state index contributed by atoms with van der Waals surface area (Å²) in [6.07, 6.45) is 0.477. The summed E-state index contributed by atoms with van der Waals surface area (Å²) >= 11 is 0. The molecule has 0 aromatic heterocycles. The average molecular weight is 729 g/mol. The lowest BCUT2D eigenvalue weighted by atomic mass is 9.92. The highest BCUT2D eigenvalue weighted by Gasteiger charge is 2.57. The lowest BCUT2D eigenvalue weighted by Crippen LogP contribution is -2.76. The van der Waals surface area contributed by atoms with E-state index in [0.29, 0.717) is 33.5 Å². The summed E-state index contributed by atoms with van der Waals surface area (Å²) < 4.78 is 16.9. The summed E-state index contributed by atoms with van der Waals surface area (Å²) in [7, 11) is 1.20. The van der Waals surface area contributed by atoms with Crippen molar-refractivity contribution < 1.29 is 38.2 Å². The summed E-state index contributed by atoms with van der Waals surface area (Å²) in [5.41, 5.74) is 0.667. The number of hydrogen-bond donors (Lipinski definition) is 1. The zero-order valence-electron chi connectivity index (χ0n) is 28.8. The van der Waals surface area contributed by atoms with E-state index in [9.17, 15) is 24.0 Å². The Morgan fingerprint density at radius 2 is 1.21 bits per heavy atom. The second kappa shape index (κ2) is 16.8. The van der Waals surface area contributed by atoms with Gasteiger partial charge in [-0.25, -0.2) is 9.59 Å². The Labute approximate surface area is 307 Å². The maximum absolute atomic E-state index is 14.7. The number of rotatable bonds is 14. The van der Waals surface area contributed by atoms with Crippen molar-refractivity contribution >= 4 is 58.1 Å². The van der Waals surface area contributed by atoms with Gasteiger partial charge in [-0.2, -0.15) is 0 Å². The molecule has 11 heteroatoms. The van der Waals surface area contributed by atoms with Crippen LogP contribution in [0.4, 0.5) is 0 Å². The minimum atomic E-state index is -3.41. The fourth-order valence-corrected chi connectivity index (χ4v) is 11.1. The Balaban J connectivity index is 1.54. The molecule has 268 valence electrons. The van der Waals surface area contributed by atoms with Crippen molar-refractivity contribution in [3.8, 4) is 5.75 Å². The molecule has 1 aliphatic rings. The Kier molecular flexibility index (Phi) is 11.6. The third-order valence-corrected chi connectivity index (χ3v) is 13.3. The molecule has 1 heterocycles. The fraction of sp³-hybridized carbons (Fsp3) is 0.143. The van der Waals surface area contributed by atoms with Gasteiger partial charge in [0.15, 0.2) is 12.6 Å². The first-order valence-corrected chi connectivity index (χ1v) is 18.7. The normalized spacial score (nSPS) is 15.6. The maximum atomic E-state index is 14.7. The number of methoxy groups -OCH3 is 1. The molecule has 53 heavy (non-hydrogen) atoms. The number of aldehydes is 1. The minimum absolute atomic E-state index is 0.0703. The summed E-state index contributed by atoms with van der Waals surface area (Å²) in [6.45, 7) is -4.01. The third kappa shape index (κ3) is 7.54. The number of benzene rings is 5. The van der Waals surface area contributed by atoms with Gasteiger partial charge in [0.05, 0.1) is 12.4 Å². The van der Waals surface area contributed by atoms with Gasteiger partial charge in [-0.05, 0) is 40.5 Å². The van der Waals surface area contributed by atoms with E-state index in [2.05, 4.69) is 5.32 Å². The molecule has 6 rings (SSSR count). The van der Waals surface area contributed by atoms with Crippen LogP contribution in [0.3, 0.4) is 0 Å². The summed E-state index contributed by atoms with van der Waals surface area (Å²) in [4.78, 5) is 70.5. The smallest absolute Gasteiger partial charge is 0.337 e. The molecule has 0 aliphatic carbocycles. The number of nitrogens with zero attached hydrogens (tertiary/aromatic N) is 1. The van der Waals surface area contributed by atoms with Gasteiger partial charge < -0.3 is 29.2 Å². The van der Waals surface area contributed by atoms with Gasteiger partial charge in [0.25, 0.3) is 5.91 Å². The number of para-hydroxylation sites is 1. The first kappa shape index (κ1) is 36.5. The molecule has 5 aromatic rings. The predicted molar refractivity (Wildman–Crippen MR) is 203 cm³/mol. The highest BCUT2D eigenvalue weighted by Crippen LogP contribution is 2.48. The summed E-state index contributed by atoms with van der Waals surface area (Å²) in [5, 5.41) is 4.59. The standard InChI is InChI=1S/C42H37N2O8P/c1-50-42(49)39(53(32-21-11-4-12-22-32,33-23-13-5-14-24-33)34-25-15-6-16-26-34)38(41(48)52-28-30-17-7-2-8-18-30)44-35(27-45)37(40(44)47)43-36(46)29-51-31-19-9-3-10-20-31/h2-27,35,37-38H,28-29H2,1H3,(H,43,46). The van der Waals surface area contributed by atoms with E-state index in [1.54, 1.807) is 54.6 Å². The highest BCUT2D eigenvalue weighted by atomic mass is 31.2. The van der Waals surface area contributed by atoms with Gasteiger partial charge in [-0.15, -0.1) is 0 Å². The number of carbonyl (C=O) groups excluding carboxylic acids is 5. The number of β-lactam (4-membered cyclic amide) rings is 1. The van der Waals surface area contributed by atoms with Crippen LogP contribution in [0.1, 0.15) is 5.56 Å². The average Bonchev–Trinajstić information content (AvgIpc) is 3.22. The zero-order chi connectivity index (χ0) is 37.2. The molecule has 10 nitrogen and oxygen atoms in total. The Bertz CT molecular complexity index is 2010. The van der Waals surface area contributed by atoms with Crippen molar-refractivity contribution in [3.05, 3.63) is 157 Å². The molecule has 3 atom stereocenters. The van der Waals surface area contributed by atoms with Crippen LogP contribution in [-0.4, -0.2) is 72.1 Å². The molecular weight excluding hydrogens is 691 g/mol. The minimum Gasteiger partial charge on any atom is -0.484 e. The van der Waals surface area contributed by atoms with Crippen LogP contribution >= 0.6 is 6.89 Å². The number of ether oxygens (including phenoxy) is 3. The van der Waals surface area contributed by atoms with Gasteiger partial charge in [-0.3, -0.25) is 9.59 Å². The highest BCUT2D eigenvalue weighted by molar-refractivity contribution is 7.96. The van der Waals surface area contributed by atoms with Crippen LogP contribution in [0.5, 0.6) is 5.75 Å². The number of hydrogen-bond acceptors (Lipinski definition) is 8. The largest absolute Gasteiger partial charge is 0.484 e. The van der Waals surface area contributed by atoms with Gasteiger partial charge in [0, 0.05) is 0 Å². The monoisotopic (exact) mass is 728 g/mol. The molecule has 0 saturated carbocycles. The molecule has 3 unspecified atom stereocenters. The molecule has 5 aromatic carbocycles. The lowest BCUT2D eigenvalue weighted by molar-refractivity contribution is -0.167. The molecular formula is C42H37N2O8P. The lowest BCUT2D eigenvalue weighted by Gasteiger charge is -2.48. The summed E-state index contributed by atoms with van der Waals surface area (Å²) in [6, 6.07) is 40.9. The molecule has 2 amide bonds. The van der Waals surface area contributed by atoms with Crippen LogP contribution in [0.2, 0.25) is 0 Å². The molecule has 0 spiro atoms. The fourth-order valence-electron chi connectivity index (χ4n) is 6.52. The van der Waals surface area contributed by atoms with Gasteiger partial charge in [0.1, 0.15) is 30.7 Å². The Hall–Kier alpha value is -6.25. The number of likely N-dealkylation sites (tertiary alicyclic amines) is 1. The first-order chi connectivity index (χ1) is 25.9. The van der Waals surface area contributed by atoms with Crippen LogP contribution < -0.4 is 26.0 Å². The first-order valence-electron chi connectivity index (χ1n) is 16.9. The van der Waals surface area contributed by atoms with E-state index in [-0.39, 0.29) is 11.9 Å². The van der Waals surface area contributed by atoms with Gasteiger partial charge in [-0.1, -0.05) is 140 Å². The molecule has 1 N–H and O–H groups in total. The quantitative estimate of drug-likeness (QED) is 0.0798. The van der Waals surface area contributed by atoms with E-state index in [0.717, 1.165) is 4.90 Å². The molecule has 1 aliphatic heterocycles. The molecule has 0 radical (unpaired) electrons. The number of esters is 2. The number of carbonyl (C=O) groups is 5. The van der Waals surface area contributed by atoms with Crippen molar-refractivity contribution in [2.45, 2.75) is 24.7 Å². The van der Waals surface area contributed by atoms with Crippen molar-refractivity contribution in [2.75, 3.05) is 13.7 Å². The Morgan fingerprint density at radius 1 is 0.736 bits per heavy atom. The molecule has 1 fully saturated rings. The van der Waals surface area contributed by atoms with Gasteiger partial charge >= 0.3 is 11.9 Å². The predicted octanol–water partition coefficient (Wildman–Crippen LogP) is 3.41.